The van der Waals surface area contributed by atoms with Crippen molar-refractivity contribution in [3.8, 4) is 0 Å². The monoisotopic (exact) mass is 224 g/mol. The molecule has 0 heterocycles. The van der Waals surface area contributed by atoms with Crippen molar-refractivity contribution >= 4 is 16.0 Å². The Morgan fingerprint density at radius 2 is 2.00 bits per heavy atom. The lowest BCUT2D eigenvalue weighted by Gasteiger charge is -2.25. The second-order valence-corrected chi connectivity index (χ2v) is 5.34. The van der Waals surface area contributed by atoms with E-state index in [1.807, 2.05) is 0 Å². The average Bonchev–Trinajstić information content (AvgIpc) is 1.78. The molecule has 0 fully saturated rings. The summed E-state index contributed by atoms with van der Waals surface area (Å²) in [5.41, 5.74) is 4.25. The summed E-state index contributed by atoms with van der Waals surface area (Å²) in [6.45, 7) is 4.46. The molecular weight excluding hydrogens is 208 g/mol. The Balaban J connectivity index is 4.43. The lowest BCUT2D eigenvalue weighted by Crippen LogP contribution is -2.52. The molecule has 0 spiro atoms. The molecule has 0 aliphatic carbocycles. The fraction of sp³-hybridized carbons (Fsp3) is 0.857. The molecule has 6 nitrogen and oxygen atoms in total. The SMILES string of the molecule is CC(N)C(=O)NC(C)(C)CS(=O)(=O)O. The maximum absolute atomic E-state index is 11.1. The van der Waals surface area contributed by atoms with E-state index in [9.17, 15) is 13.2 Å². The predicted molar refractivity (Wildman–Crippen MR) is 52.3 cm³/mol. The zero-order valence-corrected chi connectivity index (χ0v) is 9.26. The standard InChI is InChI=1S/C7H16N2O4S/c1-5(8)6(10)9-7(2,3)4-14(11,12)13/h5H,4,8H2,1-3H3,(H,9,10)(H,11,12,13). The number of amides is 1. The zero-order valence-electron chi connectivity index (χ0n) is 8.44. The quantitative estimate of drug-likeness (QED) is 0.537. The van der Waals surface area contributed by atoms with Crippen LogP contribution in [-0.2, 0) is 14.9 Å². The van der Waals surface area contributed by atoms with E-state index < -0.39 is 33.4 Å². The maximum Gasteiger partial charge on any atom is 0.267 e. The number of carbonyl (C=O) groups is 1. The molecule has 84 valence electrons. The fourth-order valence-electron chi connectivity index (χ4n) is 0.939. The van der Waals surface area contributed by atoms with Gasteiger partial charge in [0.1, 0.15) is 0 Å². The van der Waals surface area contributed by atoms with Crippen LogP contribution in [0.1, 0.15) is 20.8 Å². The van der Waals surface area contributed by atoms with Crippen molar-refractivity contribution in [1.29, 1.82) is 0 Å². The minimum absolute atomic E-state index is 0.460. The second kappa shape index (κ2) is 4.24. The van der Waals surface area contributed by atoms with E-state index in [0.29, 0.717) is 0 Å². The summed E-state index contributed by atoms with van der Waals surface area (Å²) in [6, 6.07) is -0.712. The van der Waals surface area contributed by atoms with Gasteiger partial charge in [-0.05, 0) is 20.8 Å². The first-order valence-corrected chi connectivity index (χ1v) is 5.67. The molecule has 0 rings (SSSR count). The van der Waals surface area contributed by atoms with Crippen LogP contribution in [0.3, 0.4) is 0 Å². The van der Waals surface area contributed by atoms with Gasteiger partial charge in [-0.15, -0.1) is 0 Å². The summed E-state index contributed by atoms with van der Waals surface area (Å²) >= 11 is 0. The van der Waals surface area contributed by atoms with Gasteiger partial charge in [-0.25, -0.2) is 0 Å². The van der Waals surface area contributed by atoms with Gasteiger partial charge in [0.15, 0.2) is 0 Å². The molecule has 1 atom stereocenters. The highest BCUT2D eigenvalue weighted by molar-refractivity contribution is 7.85. The predicted octanol–water partition coefficient (Wildman–Crippen LogP) is -0.884. The highest BCUT2D eigenvalue weighted by atomic mass is 32.2. The van der Waals surface area contributed by atoms with E-state index in [0.717, 1.165) is 0 Å². The van der Waals surface area contributed by atoms with Crippen molar-refractivity contribution in [2.45, 2.75) is 32.4 Å². The van der Waals surface area contributed by atoms with Crippen LogP contribution in [0.15, 0.2) is 0 Å². The summed E-state index contributed by atoms with van der Waals surface area (Å²) in [4.78, 5) is 11.1. The third-order valence-electron chi connectivity index (χ3n) is 1.42. The van der Waals surface area contributed by atoms with E-state index in [1.165, 1.54) is 20.8 Å². The number of nitrogens with one attached hydrogen (secondary N) is 1. The third kappa shape index (κ3) is 5.90. The van der Waals surface area contributed by atoms with Crippen molar-refractivity contribution in [3.05, 3.63) is 0 Å². The number of carbonyl (C=O) groups excluding carboxylic acids is 1. The fourth-order valence-corrected chi connectivity index (χ4v) is 1.92. The van der Waals surface area contributed by atoms with Crippen LogP contribution in [0.5, 0.6) is 0 Å². The van der Waals surface area contributed by atoms with Crippen LogP contribution in [0, 0.1) is 0 Å². The number of nitrogens with two attached hydrogens (primary N) is 1. The second-order valence-electron chi connectivity index (χ2n) is 3.89. The molecule has 0 saturated heterocycles. The summed E-state index contributed by atoms with van der Waals surface area (Å²) in [7, 11) is -4.11. The van der Waals surface area contributed by atoms with Gasteiger partial charge < -0.3 is 11.1 Å². The van der Waals surface area contributed by atoms with E-state index in [4.69, 9.17) is 10.3 Å². The van der Waals surface area contributed by atoms with Crippen LogP contribution in [0.2, 0.25) is 0 Å². The Kier molecular flexibility index (Phi) is 4.04. The molecule has 0 saturated carbocycles. The molecule has 0 radical (unpaired) electrons. The van der Waals surface area contributed by atoms with Crippen LogP contribution < -0.4 is 11.1 Å². The summed E-state index contributed by atoms with van der Waals surface area (Å²) in [5, 5.41) is 2.41. The number of hydrogen-bond acceptors (Lipinski definition) is 4. The van der Waals surface area contributed by atoms with E-state index in [-0.39, 0.29) is 0 Å². The smallest absolute Gasteiger partial charge is 0.267 e. The number of hydrogen-bond donors (Lipinski definition) is 3. The van der Waals surface area contributed by atoms with Gasteiger partial charge in [0.05, 0.1) is 17.3 Å². The summed E-state index contributed by atoms with van der Waals surface area (Å²) in [5.74, 6) is -1.00. The highest BCUT2D eigenvalue weighted by Gasteiger charge is 2.27. The van der Waals surface area contributed by atoms with Gasteiger partial charge in [-0.3, -0.25) is 9.35 Å². The Hall–Kier alpha value is -0.660. The molecule has 0 aliphatic heterocycles. The molecule has 0 aromatic rings. The van der Waals surface area contributed by atoms with Crippen molar-refractivity contribution in [2.75, 3.05) is 5.75 Å². The summed E-state index contributed by atoms with van der Waals surface area (Å²) in [6.07, 6.45) is 0. The van der Waals surface area contributed by atoms with Crippen LogP contribution in [0.4, 0.5) is 0 Å². The Bertz CT molecular complexity index is 308. The molecule has 14 heavy (non-hydrogen) atoms. The molecule has 1 amide bonds. The minimum atomic E-state index is -4.11. The first-order valence-electron chi connectivity index (χ1n) is 4.06. The third-order valence-corrected chi connectivity index (χ3v) is 2.50. The van der Waals surface area contributed by atoms with Crippen LogP contribution in [0.25, 0.3) is 0 Å². The molecule has 7 heteroatoms. The molecule has 0 aromatic carbocycles. The molecule has 0 aromatic heterocycles. The highest BCUT2D eigenvalue weighted by Crippen LogP contribution is 2.05. The average molecular weight is 224 g/mol. The minimum Gasteiger partial charge on any atom is -0.349 e. The first kappa shape index (κ1) is 13.3. The lowest BCUT2D eigenvalue weighted by molar-refractivity contribution is -0.123. The topological polar surface area (TPSA) is 109 Å². The van der Waals surface area contributed by atoms with Gasteiger partial charge in [-0.1, -0.05) is 0 Å². The van der Waals surface area contributed by atoms with Gasteiger partial charge in [-0.2, -0.15) is 8.42 Å². The Labute approximate surface area is 83.6 Å². The van der Waals surface area contributed by atoms with Gasteiger partial charge in [0.2, 0.25) is 5.91 Å². The van der Waals surface area contributed by atoms with Gasteiger partial charge in [0, 0.05) is 0 Å². The number of rotatable bonds is 4. The van der Waals surface area contributed by atoms with Gasteiger partial charge in [0.25, 0.3) is 10.1 Å². The lowest BCUT2D eigenvalue weighted by atomic mass is 10.1. The molecule has 1 unspecified atom stereocenters. The molecule has 0 aliphatic rings. The van der Waals surface area contributed by atoms with E-state index in [2.05, 4.69) is 5.32 Å². The van der Waals surface area contributed by atoms with Gasteiger partial charge >= 0.3 is 0 Å². The van der Waals surface area contributed by atoms with E-state index >= 15 is 0 Å². The van der Waals surface area contributed by atoms with Crippen molar-refractivity contribution in [3.63, 3.8) is 0 Å². The molecule has 4 N–H and O–H groups in total. The first-order chi connectivity index (χ1) is 6.03. The van der Waals surface area contributed by atoms with Crippen molar-refractivity contribution in [2.24, 2.45) is 5.73 Å². The Morgan fingerprint density at radius 1 is 1.57 bits per heavy atom. The summed E-state index contributed by atoms with van der Waals surface area (Å²) < 4.78 is 29.7. The van der Waals surface area contributed by atoms with Crippen molar-refractivity contribution in [1.82, 2.24) is 5.32 Å². The van der Waals surface area contributed by atoms with Crippen LogP contribution >= 0.6 is 0 Å². The van der Waals surface area contributed by atoms with Crippen LogP contribution in [-0.4, -0.2) is 36.2 Å². The zero-order chi connectivity index (χ0) is 11.6. The maximum atomic E-state index is 11.1. The Morgan fingerprint density at radius 3 is 2.29 bits per heavy atom. The normalized spacial score (nSPS) is 14.9. The van der Waals surface area contributed by atoms with E-state index in [1.54, 1.807) is 0 Å². The molecule has 0 bridgehead atoms. The van der Waals surface area contributed by atoms with Crippen molar-refractivity contribution < 1.29 is 17.8 Å². The molecular formula is C7H16N2O4S. The largest absolute Gasteiger partial charge is 0.349 e.